The number of aryl methyl sites for hydroxylation is 2. The van der Waals surface area contributed by atoms with Crippen LogP contribution in [0.3, 0.4) is 0 Å². The lowest BCUT2D eigenvalue weighted by Gasteiger charge is -2.34. The van der Waals surface area contributed by atoms with E-state index in [4.69, 9.17) is 0 Å². The predicted octanol–water partition coefficient (Wildman–Crippen LogP) is 8.30. The first-order valence-electron chi connectivity index (χ1n) is 14.6. The quantitative estimate of drug-likeness (QED) is 0.191. The fourth-order valence-electron chi connectivity index (χ4n) is 6.26. The highest BCUT2D eigenvalue weighted by molar-refractivity contribution is 5.67. The molecule has 0 amide bonds. The minimum Gasteiger partial charge on any atom is -0.367 e. The molecule has 254 valence electrons. The zero-order valence-corrected chi connectivity index (χ0v) is 25.8. The first-order chi connectivity index (χ1) is 22.4. The van der Waals surface area contributed by atoms with Crippen LogP contribution in [0.25, 0.3) is 0 Å². The first kappa shape index (κ1) is 34.5. The standard InChI is InChI=1S/C32H28F9N7/c1-18-11-25-26(5-4-10-47(16-21-8-6-20(15-42)7-9-21)28(25)19(2)27(18)32(39,40)41)48(29-43-45-46(3)44-29)17-22-12-23(30(33,34)35)14-24(13-22)31(36,37)38/h6-9,11-14,26H,4-5,10,16-17H2,1-3H3/t26-/m0/s1. The van der Waals surface area contributed by atoms with Gasteiger partial charge in [0, 0.05) is 25.3 Å². The van der Waals surface area contributed by atoms with E-state index in [1.54, 1.807) is 29.2 Å². The summed E-state index contributed by atoms with van der Waals surface area (Å²) in [5.74, 6) is -0.129. The van der Waals surface area contributed by atoms with E-state index >= 15 is 0 Å². The zero-order chi connectivity index (χ0) is 35.2. The van der Waals surface area contributed by atoms with Crippen LogP contribution in [0.4, 0.5) is 51.1 Å². The van der Waals surface area contributed by atoms with Gasteiger partial charge in [-0.05, 0) is 90.1 Å². The maximum absolute atomic E-state index is 14.4. The lowest BCUT2D eigenvalue weighted by molar-refractivity contribution is -0.143. The molecule has 7 nitrogen and oxygen atoms in total. The number of anilines is 2. The maximum atomic E-state index is 14.4. The summed E-state index contributed by atoms with van der Waals surface area (Å²) in [7, 11) is 1.42. The van der Waals surface area contributed by atoms with E-state index in [2.05, 4.69) is 15.4 Å². The molecule has 0 saturated heterocycles. The highest BCUT2D eigenvalue weighted by Gasteiger charge is 2.41. The Bertz CT molecular complexity index is 1800. The van der Waals surface area contributed by atoms with E-state index in [1.165, 1.54) is 31.9 Å². The Morgan fingerprint density at radius 3 is 2.02 bits per heavy atom. The summed E-state index contributed by atoms with van der Waals surface area (Å²) in [5, 5.41) is 21.2. The largest absolute Gasteiger partial charge is 0.416 e. The highest BCUT2D eigenvalue weighted by atomic mass is 19.4. The number of benzene rings is 3. The summed E-state index contributed by atoms with van der Waals surface area (Å²) in [4.78, 5) is 4.22. The summed E-state index contributed by atoms with van der Waals surface area (Å²) in [5.41, 5.74) is -2.67. The SMILES string of the molecule is Cc1cc2c(c(C)c1C(F)(F)F)N(Cc1ccc(C#N)cc1)CCC[C@@H]2N(Cc1cc(C(F)(F)F)cc(C(F)(F)F)c1)c1nnn(C)n1. The Labute approximate surface area is 269 Å². The van der Waals surface area contributed by atoms with Crippen LogP contribution in [0, 0.1) is 25.2 Å². The predicted molar refractivity (Wildman–Crippen MR) is 157 cm³/mol. The molecule has 0 saturated carbocycles. The number of fused-ring (bicyclic) bond motifs is 1. The van der Waals surface area contributed by atoms with Crippen LogP contribution in [0.2, 0.25) is 0 Å². The third kappa shape index (κ3) is 7.19. The summed E-state index contributed by atoms with van der Waals surface area (Å²) < 4.78 is 126. The second-order valence-electron chi connectivity index (χ2n) is 11.6. The van der Waals surface area contributed by atoms with Crippen LogP contribution in [-0.2, 0) is 38.7 Å². The number of hydrogen-bond donors (Lipinski definition) is 0. The molecule has 0 N–H and O–H groups in total. The Kier molecular flexibility index (Phi) is 9.11. The molecule has 0 radical (unpaired) electrons. The summed E-state index contributed by atoms with van der Waals surface area (Å²) >= 11 is 0. The molecule has 4 aromatic rings. The number of halogens is 9. The van der Waals surface area contributed by atoms with Gasteiger partial charge in [0.15, 0.2) is 0 Å². The minimum atomic E-state index is -5.09. The van der Waals surface area contributed by atoms with Gasteiger partial charge in [0.25, 0.3) is 5.95 Å². The van der Waals surface area contributed by atoms with Crippen molar-refractivity contribution in [1.29, 1.82) is 5.26 Å². The molecule has 5 rings (SSSR count). The Balaban J connectivity index is 1.69. The van der Waals surface area contributed by atoms with E-state index < -0.39 is 47.8 Å². The fourth-order valence-corrected chi connectivity index (χ4v) is 6.26. The van der Waals surface area contributed by atoms with Crippen molar-refractivity contribution in [3.05, 3.63) is 98.6 Å². The summed E-state index contributed by atoms with van der Waals surface area (Å²) in [6, 6.07) is 10.3. The maximum Gasteiger partial charge on any atom is 0.416 e. The van der Waals surface area contributed by atoms with Gasteiger partial charge in [0.1, 0.15) is 0 Å². The van der Waals surface area contributed by atoms with Gasteiger partial charge in [-0.15, -0.1) is 5.10 Å². The van der Waals surface area contributed by atoms with Gasteiger partial charge in [-0.1, -0.05) is 23.3 Å². The molecular weight excluding hydrogens is 653 g/mol. The third-order valence-corrected chi connectivity index (χ3v) is 8.22. The Morgan fingerprint density at radius 1 is 0.875 bits per heavy atom. The molecule has 1 aliphatic rings. The van der Waals surface area contributed by atoms with E-state index in [9.17, 15) is 44.8 Å². The van der Waals surface area contributed by atoms with Crippen LogP contribution in [0.15, 0.2) is 48.5 Å². The Morgan fingerprint density at radius 2 is 1.50 bits per heavy atom. The van der Waals surface area contributed by atoms with Crippen LogP contribution in [0.5, 0.6) is 0 Å². The normalized spacial score (nSPS) is 15.6. The van der Waals surface area contributed by atoms with Gasteiger partial charge in [-0.25, -0.2) is 0 Å². The lowest BCUT2D eigenvalue weighted by atomic mass is 9.90. The van der Waals surface area contributed by atoms with E-state index in [-0.39, 0.29) is 53.9 Å². The van der Waals surface area contributed by atoms with Gasteiger partial charge in [0.2, 0.25) is 0 Å². The number of hydrogen-bond acceptors (Lipinski definition) is 6. The molecule has 1 atom stereocenters. The fraction of sp³-hybridized carbons (Fsp3) is 0.375. The van der Waals surface area contributed by atoms with Crippen molar-refractivity contribution in [3.8, 4) is 6.07 Å². The first-order valence-corrected chi connectivity index (χ1v) is 14.6. The number of nitriles is 1. The number of nitrogens with zero attached hydrogens (tertiary/aromatic N) is 7. The van der Waals surface area contributed by atoms with Gasteiger partial charge < -0.3 is 9.80 Å². The van der Waals surface area contributed by atoms with Crippen molar-refractivity contribution in [2.45, 2.75) is 64.3 Å². The van der Waals surface area contributed by atoms with Gasteiger partial charge in [-0.3, -0.25) is 0 Å². The second-order valence-corrected chi connectivity index (χ2v) is 11.6. The molecule has 3 aromatic carbocycles. The Hall–Kier alpha value is -4.81. The molecular formula is C32H28F9N7. The molecule has 0 spiro atoms. The number of tetrazole rings is 1. The molecule has 2 heterocycles. The number of aromatic nitrogens is 4. The van der Waals surface area contributed by atoms with Crippen molar-refractivity contribution in [2.24, 2.45) is 7.05 Å². The molecule has 0 unspecified atom stereocenters. The summed E-state index contributed by atoms with van der Waals surface area (Å²) in [6.45, 7) is 2.54. The average Bonchev–Trinajstić information content (AvgIpc) is 3.34. The van der Waals surface area contributed by atoms with Gasteiger partial charge in [0.05, 0.1) is 41.4 Å². The van der Waals surface area contributed by atoms with E-state index in [0.717, 1.165) is 4.80 Å². The monoisotopic (exact) mass is 681 g/mol. The number of alkyl halides is 9. The van der Waals surface area contributed by atoms with Crippen LogP contribution in [0.1, 0.15) is 69.0 Å². The lowest BCUT2D eigenvalue weighted by Crippen LogP contribution is -2.31. The van der Waals surface area contributed by atoms with Gasteiger partial charge >= 0.3 is 18.5 Å². The molecule has 1 aromatic heterocycles. The van der Waals surface area contributed by atoms with Crippen molar-refractivity contribution in [1.82, 2.24) is 20.2 Å². The smallest absolute Gasteiger partial charge is 0.367 e. The van der Waals surface area contributed by atoms with Crippen LogP contribution < -0.4 is 9.80 Å². The van der Waals surface area contributed by atoms with E-state index in [1.807, 2.05) is 6.07 Å². The van der Waals surface area contributed by atoms with Crippen LogP contribution >= 0.6 is 0 Å². The van der Waals surface area contributed by atoms with E-state index in [0.29, 0.717) is 35.2 Å². The topological polar surface area (TPSA) is 73.9 Å². The average molecular weight is 682 g/mol. The molecule has 0 fully saturated rings. The van der Waals surface area contributed by atoms with Gasteiger partial charge in [-0.2, -0.15) is 49.6 Å². The van der Waals surface area contributed by atoms with Crippen LogP contribution in [-0.4, -0.2) is 26.8 Å². The molecule has 0 bridgehead atoms. The molecule has 16 heteroatoms. The molecule has 0 aliphatic carbocycles. The minimum absolute atomic E-state index is 0.0295. The summed E-state index contributed by atoms with van der Waals surface area (Å²) in [6.07, 6.45) is -14.3. The highest BCUT2D eigenvalue weighted by Crippen LogP contribution is 2.47. The van der Waals surface area contributed by atoms with Crippen molar-refractivity contribution >= 4 is 11.6 Å². The van der Waals surface area contributed by atoms with Crippen molar-refractivity contribution < 1.29 is 39.5 Å². The zero-order valence-electron chi connectivity index (χ0n) is 25.8. The van der Waals surface area contributed by atoms with Crippen molar-refractivity contribution in [2.75, 3.05) is 16.3 Å². The second kappa shape index (κ2) is 12.7. The van der Waals surface area contributed by atoms with Crippen molar-refractivity contribution in [3.63, 3.8) is 0 Å². The third-order valence-electron chi connectivity index (χ3n) is 8.22. The molecule has 1 aliphatic heterocycles. The molecule has 48 heavy (non-hydrogen) atoms. The number of rotatable bonds is 6.